The molecule has 1 amide bonds. The van der Waals surface area contributed by atoms with E-state index in [0.717, 1.165) is 12.0 Å². The van der Waals surface area contributed by atoms with Gasteiger partial charge in [0.25, 0.3) is 5.91 Å². The number of hydrogen-bond donors (Lipinski definition) is 1. The first-order valence-electron chi connectivity index (χ1n) is 9.53. The van der Waals surface area contributed by atoms with Gasteiger partial charge in [-0.1, -0.05) is 31.2 Å². The normalized spacial score (nSPS) is 11.0. The summed E-state index contributed by atoms with van der Waals surface area (Å²) in [5.41, 5.74) is 3.56. The molecule has 3 aromatic carbocycles. The first-order chi connectivity index (χ1) is 14.0. The molecule has 146 valence electrons. The van der Waals surface area contributed by atoms with Crippen LogP contribution in [0.1, 0.15) is 18.1 Å². The minimum absolute atomic E-state index is 0.0818. The van der Waals surface area contributed by atoms with Crippen LogP contribution in [0, 0.1) is 6.92 Å². The van der Waals surface area contributed by atoms with Gasteiger partial charge in [0, 0.05) is 11.8 Å². The molecule has 0 saturated carbocycles. The molecular weight excluding hydrogens is 366 g/mol. The molecule has 0 bridgehead atoms. The number of fused-ring (bicyclic) bond motifs is 2. The maximum Gasteiger partial charge on any atom is 0.262 e. The van der Waals surface area contributed by atoms with E-state index in [0.29, 0.717) is 33.4 Å². The number of rotatable bonds is 5. The zero-order valence-electron chi connectivity index (χ0n) is 16.3. The summed E-state index contributed by atoms with van der Waals surface area (Å²) < 4.78 is 11.5. The molecule has 1 N–H and O–H groups in total. The largest absolute Gasteiger partial charge is 0.484 e. The molecule has 1 heterocycles. The lowest BCUT2D eigenvalue weighted by molar-refractivity contribution is -0.118. The van der Waals surface area contributed by atoms with E-state index in [1.165, 1.54) is 5.56 Å². The van der Waals surface area contributed by atoms with Crippen LogP contribution in [-0.4, -0.2) is 12.5 Å². The molecule has 29 heavy (non-hydrogen) atoms. The predicted molar refractivity (Wildman–Crippen MR) is 115 cm³/mol. The van der Waals surface area contributed by atoms with Gasteiger partial charge in [-0.25, -0.2) is 0 Å². The number of carbonyl (C=O) groups excluding carboxylic acids is 1. The van der Waals surface area contributed by atoms with Crippen LogP contribution in [0.15, 0.2) is 69.9 Å². The van der Waals surface area contributed by atoms with Gasteiger partial charge >= 0.3 is 0 Å². The molecule has 4 rings (SSSR count). The van der Waals surface area contributed by atoms with Crippen LogP contribution in [0.5, 0.6) is 5.75 Å². The van der Waals surface area contributed by atoms with Crippen molar-refractivity contribution in [3.05, 3.63) is 82.0 Å². The molecule has 0 fully saturated rings. The highest BCUT2D eigenvalue weighted by Crippen LogP contribution is 2.23. The van der Waals surface area contributed by atoms with Crippen molar-refractivity contribution in [1.82, 2.24) is 0 Å². The summed E-state index contributed by atoms with van der Waals surface area (Å²) in [6.45, 7) is 3.87. The van der Waals surface area contributed by atoms with E-state index in [1.807, 2.05) is 43.3 Å². The number of para-hydroxylation sites is 1. The number of amides is 1. The number of ether oxygens (including phenoxy) is 1. The Hall–Kier alpha value is -3.60. The number of hydrogen-bond acceptors (Lipinski definition) is 4. The number of anilines is 1. The molecule has 0 aliphatic carbocycles. The quantitative estimate of drug-likeness (QED) is 0.498. The van der Waals surface area contributed by atoms with Crippen molar-refractivity contribution < 1.29 is 13.9 Å². The minimum atomic E-state index is -0.289. The fourth-order valence-electron chi connectivity index (χ4n) is 3.26. The molecule has 1 aromatic heterocycles. The molecule has 0 aliphatic rings. The van der Waals surface area contributed by atoms with Gasteiger partial charge < -0.3 is 14.5 Å². The van der Waals surface area contributed by atoms with Crippen molar-refractivity contribution in [2.45, 2.75) is 20.3 Å². The van der Waals surface area contributed by atoms with E-state index >= 15 is 0 Å². The summed E-state index contributed by atoms with van der Waals surface area (Å²) in [5.74, 6) is 0.354. The second kappa shape index (κ2) is 7.80. The lowest BCUT2D eigenvalue weighted by atomic mass is 10.1. The van der Waals surface area contributed by atoms with Crippen molar-refractivity contribution in [2.75, 3.05) is 11.9 Å². The van der Waals surface area contributed by atoms with Crippen LogP contribution >= 0.6 is 0 Å². The van der Waals surface area contributed by atoms with E-state index in [9.17, 15) is 9.59 Å². The van der Waals surface area contributed by atoms with Crippen molar-refractivity contribution in [3.63, 3.8) is 0 Å². The van der Waals surface area contributed by atoms with Gasteiger partial charge in [0.15, 0.2) is 6.61 Å². The van der Waals surface area contributed by atoms with Crippen LogP contribution < -0.4 is 15.5 Å². The molecular formula is C24H21NO4. The van der Waals surface area contributed by atoms with Crippen molar-refractivity contribution >= 4 is 33.5 Å². The highest BCUT2D eigenvalue weighted by molar-refractivity contribution is 5.96. The monoisotopic (exact) mass is 387 g/mol. The third kappa shape index (κ3) is 3.85. The Morgan fingerprint density at radius 1 is 1.03 bits per heavy atom. The Bertz CT molecular complexity index is 1260. The Morgan fingerprint density at radius 2 is 1.83 bits per heavy atom. The predicted octanol–water partition coefficient (Wildman–Crippen LogP) is 4.83. The number of benzene rings is 3. The van der Waals surface area contributed by atoms with Gasteiger partial charge in [-0.2, -0.15) is 0 Å². The Labute approximate surface area is 167 Å². The number of nitrogens with one attached hydrogen (secondary N) is 1. The van der Waals surface area contributed by atoms with Crippen molar-refractivity contribution in [2.24, 2.45) is 0 Å². The Kier molecular flexibility index (Phi) is 5.04. The van der Waals surface area contributed by atoms with E-state index in [1.54, 1.807) is 24.3 Å². The fourth-order valence-corrected chi connectivity index (χ4v) is 3.26. The van der Waals surface area contributed by atoms with E-state index in [4.69, 9.17) is 9.15 Å². The van der Waals surface area contributed by atoms with E-state index < -0.39 is 0 Å². The van der Waals surface area contributed by atoms with Gasteiger partial charge in [-0.15, -0.1) is 0 Å². The SMILES string of the molecule is CCc1ccc(OCC(=O)Nc2ccc3c(=O)c4cccc(C)c4oc3c2)cc1. The van der Waals surface area contributed by atoms with Crippen LogP contribution in [0.2, 0.25) is 0 Å². The second-order valence-corrected chi connectivity index (χ2v) is 6.93. The summed E-state index contributed by atoms with van der Waals surface area (Å²) in [4.78, 5) is 25.0. The molecule has 0 radical (unpaired) electrons. The topological polar surface area (TPSA) is 68.5 Å². The third-order valence-electron chi connectivity index (χ3n) is 4.88. The van der Waals surface area contributed by atoms with Crippen molar-refractivity contribution in [1.29, 1.82) is 0 Å². The van der Waals surface area contributed by atoms with E-state index in [2.05, 4.69) is 12.2 Å². The van der Waals surface area contributed by atoms with Crippen molar-refractivity contribution in [3.8, 4) is 5.75 Å². The van der Waals surface area contributed by atoms with Gasteiger partial charge in [0.1, 0.15) is 16.9 Å². The summed E-state index contributed by atoms with van der Waals surface area (Å²) in [7, 11) is 0. The number of aryl methyl sites for hydroxylation is 2. The zero-order valence-corrected chi connectivity index (χ0v) is 16.3. The summed E-state index contributed by atoms with van der Waals surface area (Å²) in [6, 6.07) is 18.2. The Balaban J connectivity index is 1.53. The molecule has 0 spiro atoms. The molecule has 0 aliphatic heterocycles. The lowest BCUT2D eigenvalue weighted by Crippen LogP contribution is -2.20. The summed E-state index contributed by atoms with van der Waals surface area (Å²) in [6.07, 6.45) is 0.952. The summed E-state index contributed by atoms with van der Waals surface area (Å²) >= 11 is 0. The molecule has 0 atom stereocenters. The van der Waals surface area contributed by atoms with Gasteiger partial charge in [0.05, 0.1) is 10.8 Å². The summed E-state index contributed by atoms with van der Waals surface area (Å²) in [5, 5.41) is 3.82. The number of carbonyl (C=O) groups is 1. The highest BCUT2D eigenvalue weighted by atomic mass is 16.5. The maximum atomic E-state index is 12.7. The average Bonchev–Trinajstić information content (AvgIpc) is 2.73. The highest BCUT2D eigenvalue weighted by Gasteiger charge is 2.11. The second-order valence-electron chi connectivity index (χ2n) is 6.93. The van der Waals surface area contributed by atoms with Gasteiger partial charge in [-0.05, 0) is 54.8 Å². The van der Waals surface area contributed by atoms with Crippen LogP contribution in [0.3, 0.4) is 0 Å². The first kappa shape index (κ1) is 18.7. The molecule has 0 saturated heterocycles. The molecule has 0 unspecified atom stereocenters. The maximum absolute atomic E-state index is 12.7. The average molecular weight is 387 g/mol. The molecule has 5 nitrogen and oxygen atoms in total. The molecule has 5 heteroatoms. The lowest BCUT2D eigenvalue weighted by Gasteiger charge is -2.09. The zero-order chi connectivity index (χ0) is 20.4. The first-order valence-corrected chi connectivity index (χ1v) is 9.53. The van der Waals surface area contributed by atoms with E-state index in [-0.39, 0.29) is 17.9 Å². The standard InChI is InChI=1S/C24H21NO4/c1-3-16-7-10-18(11-8-16)28-14-22(26)25-17-9-12-19-21(13-17)29-24-15(2)5-4-6-20(24)23(19)27/h4-13H,3,14H2,1-2H3,(H,25,26). The third-order valence-corrected chi connectivity index (χ3v) is 4.88. The fraction of sp³-hybridized carbons (Fsp3) is 0.167. The van der Waals surface area contributed by atoms with Crippen LogP contribution in [-0.2, 0) is 11.2 Å². The van der Waals surface area contributed by atoms with Crippen LogP contribution in [0.25, 0.3) is 21.9 Å². The Morgan fingerprint density at radius 3 is 2.59 bits per heavy atom. The van der Waals surface area contributed by atoms with Crippen LogP contribution in [0.4, 0.5) is 5.69 Å². The smallest absolute Gasteiger partial charge is 0.262 e. The molecule has 4 aromatic rings. The minimum Gasteiger partial charge on any atom is -0.484 e. The van der Waals surface area contributed by atoms with Gasteiger partial charge in [-0.3, -0.25) is 9.59 Å². The van der Waals surface area contributed by atoms with Gasteiger partial charge in [0.2, 0.25) is 5.43 Å².